The van der Waals surface area contributed by atoms with Crippen LogP contribution >= 0.6 is 0 Å². The maximum atomic E-state index is 12.6. The number of hydrogen-bond donors (Lipinski definition) is 0. The van der Waals surface area contributed by atoms with Crippen LogP contribution in [0.4, 0.5) is 4.79 Å². The fourth-order valence-electron chi connectivity index (χ4n) is 4.40. The molecule has 0 saturated heterocycles. The second-order valence-electron chi connectivity index (χ2n) is 9.48. The van der Waals surface area contributed by atoms with Gasteiger partial charge in [-0.05, 0) is 73.2 Å². The molecule has 0 saturated carbocycles. The van der Waals surface area contributed by atoms with Gasteiger partial charge in [-0.3, -0.25) is 9.97 Å². The van der Waals surface area contributed by atoms with Crippen LogP contribution in [0.15, 0.2) is 97.4 Å². The van der Waals surface area contributed by atoms with Gasteiger partial charge in [0, 0.05) is 23.2 Å². The minimum absolute atomic E-state index is 0.323. The molecule has 0 amide bonds. The van der Waals surface area contributed by atoms with E-state index in [1.54, 1.807) is 0 Å². The summed E-state index contributed by atoms with van der Waals surface area (Å²) in [4.78, 5) is 21.7. The number of benzene rings is 2. The third kappa shape index (κ3) is 8.01. The Morgan fingerprint density at radius 1 is 0.737 bits per heavy atom. The normalized spacial score (nSPS) is 13.3. The zero-order valence-corrected chi connectivity index (χ0v) is 22.3. The molecular weight excluding hydrogens is 472 g/mol. The second kappa shape index (κ2) is 14.1. The molecule has 4 rings (SSSR count). The summed E-state index contributed by atoms with van der Waals surface area (Å²) >= 11 is 0. The number of fused-ring (bicyclic) bond motifs is 2. The van der Waals surface area contributed by atoms with Gasteiger partial charge in [-0.25, -0.2) is 4.79 Å². The monoisotopic (exact) mass is 508 g/mol. The zero-order valence-electron chi connectivity index (χ0n) is 22.3. The highest BCUT2D eigenvalue weighted by molar-refractivity contribution is 5.79. The van der Waals surface area contributed by atoms with E-state index < -0.39 is 6.16 Å². The van der Waals surface area contributed by atoms with Crippen LogP contribution in [-0.2, 0) is 22.3 Å². The first-order chi connectivity index (χ1) is 18.6. The highest BCUT2D eigenvalue weighted by Gasteiger charge is 2.16. The van der Waals surface area contributed by atoms with Crippen LogP contribution < -0.4 is 0 Å². The van der Waals surface area contributed by atoms with Gasteiger partial charge in [0.2, 0.25) is 0 Å². The summed E-state index contributed by atoms with van der Waals surface area (Å²) in [5, 5.41) is 2.24. The average Bonchev–Trinajstić information content (AvgIpc) is 2.93. The Labute approximate surface area is 225 Å². The van der Waals surface area contributed by atoms with Crippen molar-refractivity contribution in [1.82, 2.24) is 9.97 Å². The number of carbonyl (C=O) groups is 1. The first kappa shape index (κ1) is 27.1. The van der Waals surface area contributed by atoms with Crippen LogP contribution in [0.3, 0.4) is 0 Å². The third-order valence-electron chi connectivity index (χ3n) is 6.34. The quantitative estimate of drug-likeness (QED) is 0.143. The van der Waals surface area contributed by atoms with Gasteiger partial charge in [-0.2, -0.15) is 0 Å². The van der Waals surface area contributed by atoms with Crippen molar-refractivity contribution in [2.45, 2.75) is 64.6 Å². The molecule has 0 bridgehead atoms. The summed E-state index contributed by atoms with van der Waals surface area (Å²) in [7, 11) is 0. The molecule has 5 heteroatoms. The fraction of sp³-hybridized carbons (Fsp3) is 0.303. The van der Waals surface area contributed by atoms with Crippen LogP contribution in [-0.4, -0.2) is 28.3 Å². The highest BCUT2D eigenvalue weighted by Crippen LogP contribution is 2.16. The van der Waals surface area contributed by atoms with Crippen LogP contribution in [0.1, 0.15) is 50.7 Å². The lowest BCUT2D eigenvalue weighted by Gasteiger charge is -2.17. The van der Waals surface area contributed by atoms with Crippen LogP contribution in [0.5, 0.6) is 0 Å². The fourth-order valence-corrected chi connectivity index (χ4v) is 4.40. The molecule has 0 spiro atoms. The molecule has 2 atom stereocenters. The van der Waals surface area contributed by atoms with E-state index >= 15 is 0 Å². The van der Waals surface area contributed by atoms with Gasteiger partial charge in [0.1, 0.15) is 12.2 Å². The summed E-state index contributed by atoms with van der Waals surface area (Å²) in [5.74, 6) is 0. The third-order valence-corrected chi connectivity index (χ3v) is 6.34. The molecule has 0 fully saturated rings. The Morgan fingerprint density at radius 2 is 1.18 bits per heavy atom. The second-order valence-corrected chi connectivity index (χ2v) is 9.48. The number of carbonyl (C=O) groups excluding carboxylic acids is 1. The molecular formula is C33H36N2O3. The van der Waals surface area contributed by atoms with Crippen molar-refractivity contribution in [3.63, 3.8) is 0 Å². The predicted molar refractivity (Wildman–Crippen MR) is 154 cm³/mol. The van der Waals surface area contributed by atoms with Gasteiger partial charge in [0.25, 0.3) is 0 Å². The van der Waals surface area contributed by atoms with Crippen molar-refractivity contribution >= 4 is 28.0 Å². The van der Waals surface area contributed by atoms with E-state index in [1.807, 2.05) is 73.1 Å². The minimum atomic E-state index is -0.629. The van der Waals surface area contributed by atoms with E-state index in [0.29, 0.717) is 0 Å². The van der Waals surface area contributed by atoms with Gasteiger partial charge in [0.15, 0.2) is 0 Å². The van der Waals surface area contributed by atoms with Gasteiger partial charge < -0.3 is 9.47 Å². The lowest BCUT2D eigenvalue weighted by molar-refractivity contribution is 0.0173. The number of hydrogen-bond acceptors (Lipinski definition) is 5. The van der Waals surface area contributed by atoms with E-state index in [0.717, 1.165) is 71.5 Å². The molecule has 0 aliphatic rings. The molecule has 0 aliphatic carbocycles. The van der Waals surface area contributed by atoms with E-state index in [1.165, 1.54) is 0 Å². The molecule has 38 heavy (non-hydrogen) atoms. The number of pyridine rings is 2. The number of para-hydroxylation sites is 2. The smallest absolute Gasteiger partial charge is 0.427 e. The number of allylic oxidation sites excluding steroid dienone is 2. The van der Waals surface area contributed by atoms with Crippen LogP contribution in [0, 0.1) is 0 Å². The Bertz CT molecular complexity index is 1290. The van der Waals surface area contributed by atoms with Crippen molar-refractivity contribution in [3.05, 3.63) is 108 Å². The van der Waals surface area contributed by atoms with E-state index in [4.69, 9.17) is 9.47 Å². The number of nitrogens with zero attached hydrogens (tertiary/aromatic N) is 2. The van der Waals surface area contributed by atoms with Crippen molar-refractivity contribution in [3.8, 4) is 0 Å². The first-order valence-electron chi connectivity index (χ1n) is 13.5. The standard InChI is InChI=1S/C33H36N2O3/c1-3-11-29(17-9-13-25-21-27-15-5-7-19-31(27)34-23-25)37-33(36)38-30(12-4-2)18-10-14-26-22-28-16-6-8-20-32(28)35-24-26/h5-10,15-24,29-30H,3-4,11-14H2,1-2H3/b17-9-,18-10-. The SMILES string of the molecule is CCCC(/C=C\Cc1cnc2ccccc2c1)OC(=O)OC(/C=C\Cc1cnc2ccccc2c1)CCC. The summed E-state index contributed by atoms with van der Waals surface area (Å²) in [5.41, 5.74) is 4.21. The molecule has 2 aromatic heterocycles. The van der Waals surface area contributed by atoms with Gasteiger partial charge in [-0.15, -0.1) is 0 Å². The lowest BCUT2D eigenvalue weighted by Crippen LogP contribution is -2.22. The van der Waals surface area contributed by atoms with E-state index in [9.17, 15) is 4.79 Å². The van der Waals surface area contributed by atoms with E-state index in [2.05, 4.69) is 48.1 Å². The minimum Gasteiger partial charge on any atom is -0.427 e. The van der Waals surface area contributed by atoms with Crippen molar-refractivity contribution < 1.29 is 14.3 Å². The summed E-state index contributed by atoms with van der Waals surface area (Å²) < 4.78 is 11.4. The molecule has 0 aliphatic heterocycles. The van der Waals surface area contributed by atoms with Crippen molar-refractivity contribution in [2.24, 2.45) is 0 Å². The maximum Gasteiger partial charge on any atom is 0.509 e. The molecule has 2 heterocycles. The highest BCUT2D eigenvalue weighted by atomic mass is 16.7. The Hall–Kier alpha value is -3.99. The molecule has 196 valence electrons. The number of ether oxygens (including phenoxy) is 2. The van der Waals surface area contributed by atoms with Gasteiger partial charge in [0.05, 0.1) is 11.0 Å². The largest absolute Gasteiger partial charge is 0.509 e. The average molecular weight is 509 g/mol. The topological polar surface area (TPSA) is 61.3 Å². The zero-order chi connectivity index (χ0) is 26.6. The Morgan fingerprint density at radius 3 is 1.63 bits per heavy atom. The van der Waals surface area contributed by atoms with Crippen molar-refractivity contribution in [1.29, 1.82) is 0 Å². The lowest BCUT2D eigenvalue weighted by atomic mass is 10.1. The number of rotatable bonds is 12. The van der Waals surface area contributed by atoms with Gasteiger partial charge in [-0.1, -0.05) is 75.2 Å². The predicted octanol–water partition coefficient (Wildman–Crippen LogP) is 8.17. The molecule has 2 unspecified atom stereocenters. The molecule has 0 radical (unpaired) electrons. The van der Waals surface area contributed by atoms with Crippen molar-refractivity contribution in [2.75, 3.05) is 0 Å². The number of aromatic nitrogens is 2. The Balaban J connectivity index is 1.30. The molecule has 4 aromatic rings. The molecule has 0 N–H and O–H groups in total. The molecule has 5 nitrogen and oxygen atoms in total. The van der Waals surface area contributed by atoms with Crippen LogP contribution in [0.25, 0.3) is 21.8 Å². The summed E-state index contributed by atoms with van der Waals surface area (Å²) in [6, 6.07) is 20.4. The summed E-state index contributed by atoms with van der Waals surface area (Å²) in [6.45, 7) is 4.15. The van der Waals surface area contributed by atoms with E-state index in [-0.39, 0.29) is 12.2 Å². The van der Waals surface area contributed by atoms with Gasteiger partial charge >= 0.3 is 6.16 Å². The summed E-state index contributed by atoms with van der Waals surface area (Å²) in [6.07, 6.45) is 15.2. The van der Waals surface area contributed by atoms with Crippen LogP contribution in [0.2, 0.25) is 0 Å². The first-order valence-corrected chi connectivity index (χ1v) is 13.5. The Kier molecular flexibility index (Phi) is 10.0. The molecule has 2 aromatic carbocycles. The maximum absolute atomic E-state index is 12.6.